The Balaban J connectivity index is 2.25. The summed E-state index contributed by atoms with van der Waals surface area (Å²) in [4.78, 5) is 7.95. The molecule has 0 bridgehead atoms. The molecule has 2 rings (SSSR count). The third kappa shape index (κ3) is 2.00. The summed E-state index contributed by atoms with van der Waals surface area (Å²) in [5, 5.41) is 13.4. The van der Waals surface area contributed by atoms with Crippen LogP contribution in [-0.4, -0.2) is 31.4 Å². The van der Waals surface area contributed by atoms with E-state index in [1.165, 1.54) is 6.33 Å². The Labute approximate surface area is 86.4 Å². The van der Waals surface area contributed by atoms with E-state index in [0.29, 0.717) is 11.4 Å². The van der Waals surface area contributed by atoms with Crippen molar-refractivity contribution in [1.82, 2.24) is 19.7 Å². The summed E-state index contributed by atoms with van der Waals surface area (Å²) in [5.74, 6) is 0.653. The Morgan fingerprint density at radius 2 is 2.33 bits per heavy atom. The molecule has 78 valence electrons. The van der Waals surface area contributed by atoms with Crippen LogP contribution in [0.2, 0.25) is 0 Å². The lowest BCUT2D eigenvalue weighted by Crippen LogP contribution is -2.12. The summed E-state index contributed by atoms with van der Waals surface area (Å²) in [5.41, 5.74) is 6.03. The maximum absolute atomic E-state index is 9.45. The third-order valence-corrected chi connectivity index (χ3v) is 2.03. The highest BCUT2D eigenvalue weighted by molar-refractivity contribution is 5.25. The Hall–Kier alpha value is -1.79. The number of nitrogens with two attached hydrogens (primary N) is 1. The van der Waals surface area contributed by atoms with Crippen LogP contribution in [-0.2, 0) is 0 Å². The first-order valence-corrected chi connectivity index (χ1v) is 4.50. The molecule has 2 heterocycles. The fourth-order valence-corrected chi connectivity index (χ4v) is 1.19. The molecule has 0 aliphatic rings. The lowest BCUT2D eigenvalue weighted by Gasteiger charge is -2.07. The van der Waals surface area contributed by atoms with Gasteiger partial charge in [-0.15, -0.1) is 0 Å². The van der Waals surface area contributed by atoms with Gasteiger partial charge >= 0.3 is 0 Å². The minimum atomic E-state index is -0.665. The molecular weight excluding hydrogens is 194 g/mol. The first-order chi connectivity index (χ1) is 7.31. The zero-order valence-electron chi connectivity index (χ0n) is 7.98. The number of pyridine rings is 1. The third-order valence-electron chi connectivity index (χ3n) is 2.03. The predicted octanol–water partition coefficient (Wildman–Crippen LogP) is -0.346. The number of aliphatic hydroxyl groups excluding tert-OH is 1. The molecule has 0 fully saturated rings. The van der Waals surface area contributed by atoms with E-state index in [1.807, 2.05) is 0 Å². The van der Waals surface area contributed by atoms with Gasteiger partial charge in [-0.05, 0) is 6.07 Å². The number of aromatic nitrogens is 4. The molecule has 0 amide bonds. The lowest BCUT2D eigenvalue weighted by atomic mass is 10.2. The summed E-state index contributed by atoms with van der Waals surface area (Å²) in [6, 6.07) is 3.52. The second-order valence-corrected chi connectivity index (χ2v) is 3.04. The van der Waals surface area contributed by atoms with E-state index < -0.39 is 6.10 Å². The second kappa shape index (κ2) is 4.16. The Bertz CT molecular complexity index is 411. The van der Waals surface area contributed by atoms with Gasteiger partial charge in [0.2, 0.25) is 0 Å². The molecular formula is C9H11N5O. The van der Waals surface area contributed by atoms with Crippen molar-refractivity contribution in [3.8, 4) is 5.82 Å². The topological polar surface area (TPSA) is 89.8 Å². The molecule has 0 aliphatic heterocycles. The summed E-state index contributed by atoms with van der Waals surface area (Å²) in [7, 11) is 0. The molecule has 6 heteroatoms. The van der Waals surface area contributed by atoms with Crippen molar-refractivity contribution in [1.29, 1.82) is 0 Å². The van der Waals surface area contributed by atoms with Gasteiger partial charge in [-0.1, -0.05) is 6.07 Å². The van der Waals surface area contributed by atoms with Gasteiger partial charge in [0.05, 0.1) is 6.10 Å². The number of rotatable bonds is 3. The van der Waals surface area contributed by atoms with Crippen molar-refractivity contribution in [2.24, 2.45) is 5.73 Å². The van der Waals surface area contributed by atoms with Crippen LogP contribution in [0.25, 0.3) is 5.82 Å². The smallest absolute Gasteiger partial charge is 0.155 e. The average molecular weight is 205 g/mol. The molecule has 6 nitrogen and oxygen atoms in total. The highest BCUT2D eigenvalue weighted by atomic mass is 16.3. The molecule has 0 aliphatic carbocycles. The lowest BCUT2D eigenvalue weighted by molar-refractivity contribution is 0.186. The van der Waals surface area contributed by atoms with Crippen LogP contribution < -0.4 is 5.73 Å². The molecule has 1 atom stereocenters. The molecule has 0 spiro atoms. The van der Waals surface area contributed by atoms with Crippen molar-refractivity contribution in [2.45, 2.75) is 6.10 Å². The fraction of sp³-hybridized carbons (Fsp3) is 0.222. The van der Waals surface area contributed by atoms with Gasteiger partial charge in [-0.3, -0.25) is 0 Å². The van der Waals surface area contributed by atoms with Crippen molar-refractivity contribution in [2.75, 3.05) is 6.54 Å². The van der Waals surface area contributed by atoms with Crippen molar-refractivity contribution in [3.05, 3.63) is 36.5 Å². The minimum Gasteiger partial charge on any atom is -0.387 e. The van der Waals surface area contributed by atoms with Crippen LogP contribution in [0.1, 0.15) is 11.7 Å². The van der Waals surface area contributed by atoms with E-state index in [0.717, 1.165) is 0 Å². The standard InChI is InChI=1S/C9H11N5O/c10-3-8(15)7-1-2-9(12-4-7)14-6-11-5-13-14/h1-2,4-6,8,15H,3,10H2/t8-/m1/s1. The SMILES string of the molecule is NC[C@@H](O)c1ccc(-n2cncn2)nc1. The molecule has 0 saturated heterocycles. The molecule has 0 unspecified atom stereocenters. The van der Waals surface area contributed by atoms with Crippen LogP contribution in [0.3, 0.4) is 0 Å². The van der Waals surface area contributed by atoms with E-state index in [9.17, 15) is 5.11 Å². The second-order valence-electron chi connectivity index (χ2n) is 3.04. The first-order valence-electron chi connectivity index (χ1n) is 4.50. The highest BCUT2D eigenvalue weighted by Crippen LogP contribution is 2.11. The molecule has 0 saturated carbocycles. The number of hydrogen-bond acceptors (Lipinski definition) is 5. The van der Waals surface area contributed by atoms with E-state index in [1.54, 1.807) is 29.3 Å². The van der Waals surface area contributed by atoms with E-state index in [4.69, 9.17) is 5.73 Å². The zero-order chi connectivity index (χ0) is 10.7. The Morgan fingerprint density at radius 1 is 1.47 bits per heavy atom. The Morgan fingerprint density at radius 3 is 2.87 bits per heavy atom. The normalized spacial score (nSPS) is 12.7. The highest BCUT2D eigenvalue weighted by Gasteiger charge is 2.05. The molecule has 0 aromatic carbocycles. The van der Waals surface area contributed by atoms with Gasteiger partial charge in [0.25, 0.3) is 0 Å². The largest absolute Gasteiger partial charge is 0.387 e. The summed E-state index contributed by atoms with van der Waals surface area (Å²) in [6.45, 7) is 0.185. The Kier molecular flexibility index (Phi) is 2.70. The summed E-state index contributed by atoms with van der Waals surface area (Å²) >= 11 is 0. The molecule has 0 radical (unpaired) electrons. The molecule has 15 heavy (non-hydrogen) atoms. The van der Waals surface area contributed by atoms with Crippen molar-refractivity contribution >= 4 is 0 Å². The molecule has 2 aromatic heterocycles. The van der Waals surface area contributed by atoms with E-state index >= 15 is 0 Å². The fourth-order valence-electron chi connectivity index (χ4n) is 1.19. The van der Waals surface area contributed by atoms with Crippen LogP contribution in [0.4, 0.5) is 0 Å². The minimum absolute atomic E-state index is 0.185. The maximum Gasteiger partial charge on any atom is 0.155 e. The summed E-state index contributed by atoms with van der Waals surface area (Å²) < 4.78 is 1.54. The van der Waals surface area contributed by atoms with Gasteiger partial charge in [-0.25, -0.2) is 14.6 Å². The van der Waals surface area contributed by atoms with E-state index in [-0.39, 0.29) is 6.54 Å². The first kappa shape index (κ1) is 9.75. The average Bonchev–Trinajstić information content (AvgIpc) is 2.82. The van der Waals surface area contributed by atoms with Crippen LogP contribution in [0.5, 0.6) is 0 Å². The van der Waals surface area contributed by atoms with Crippen LogP contribution in [0, 0.1) is 0 Å². The van der Waals surface area contributed by atoms with Gasteiger partial charge < -0.3 is 10.8 Å². The summed E-state index contributed by atoms with van der Waals surface area (Å²) in [6.07, 6.45) is 3.91. The zero-order valence-corrected chi connectivity index (χ0v) is 7.98. The number of aliphatic hydroxyl groups is 1. The maximum atomic E-state index is 9.45. The van der Waals surface area contributed by atoms with Gasteiger partial charge in [-0.2, -0.15) is 5.10 Å². The van der Waals surface area contributed by atoms with Crippen molar-refractivity contribution in [3.63, 3.8) is 0 Å². The quantitative estimate of drug-likeness (QED) is 0.715. The predicted molar refractivity (Wildman–Crippen MR) is 53.2 cm³/mol. The van der Waals surface area contributed by atoms with E-state index in [2.05, 4.69) is 15.1 Å². The van der Waals surface area contributed by atoms with Gasteiger partial charge in [0.1, 0.15) is 12.7 Å². The number of nitrogens with zero attached hydrogens (tertiary/aromatic N) is 4. The van der Waals surface area contributed by atoms with Gasteiger partial charge in [0, 0.05) is 18.3 Å². The molecule has 2 aromatic rings. The van der Waals surface area contributed by atoms with Gasteiger partial charge in [0.15, 0.2) is 5.82 Å². The van der Waals surface area contributed by atoms with Crippen LogP contribution >= 0.6 is 0 Å². The monoisotopic (exact) mass is 205 g/mol. The number of hydrogen-bond donors (Lipinski definition) is 2. The van der Waals surface area contributed by atoms with Crippen LogP contribution in [0.15, 0.2) is 31.0 Å². The molecule has 3 N–H and O–H groups in total. The van der Waals surface area contributed by atoms with Crippen molar-refractivity contribution < 1.29 is 5.11 Å².